The molecule has 0 saturated carbocycles. The van der Waals surface area contributed by atoms with E-state index in [-0.39, 0.29) is 22.6 Å². The largest absolute Gasteiger partial charge is 0.425 e. The number of nitriles is 1. The molecule has 0 amide bonds. The summed E-state index contributed by atoms with van der Waals surface area (Å²) in [6, 6.07) is 30.2. The highest BCUT2D eigenvalue weighted by Crippen LogP contribution is 2.29. The van der Waals surface area contributed by atoms with Crippen LogP contribution in [0.5, 0.6) is 11.8 Å². The van der Waals surface area contributed by atoms with Crippen LogP contribution in [0.15, 0.2) is 108 Å². The van der Waals surface area contributed by atoms with Gasteiger partial charge in [-0.05, 0) is 59.3 Å². The second-order valence-corrected chi connectivity index (χ2v) is 8.18. The van der Waals surface area contributed by atoms with Crippen LogP contribution in [0.4, 0.5) is 4.39 Å². The summed E-state index contributed by atoms with van der Waals surface area (Å²) in [4.78, 5) is 18.6. The molecule has 0 aliphatic rings. The summed E-state index contributed by atoms with van der Waals surface area (Å²) in [5.74, 6) is 0.0362. The molecular formula is C29H17FN4O2. The molecule has 36 heavy (non-hydrogen) atoms. The Labute approximate surface area is 204 Å². The molecule has 4 aromatic carbocycles. The van der Waals surface area contributed by atoms with Crippen molar-refractivity contribution in [3.63, 3.8) is 0 Å². The van der Waals surface area contributed by atoms with Gasteiger partial charge in [-0.1, -0.05) is 48.5 Å². The molecule has 7 heteroatoms. The number of fused-ring (bicyclic) bond motifs is 2. The van der Waals surface area contributed by atoms with Gasteiger partial charge in [0.05, 0.1) is 11.3 Å². The standard InChI is InChI=1S/C29H17FN4O2/c30-22-11-13-24(14-12-22)34-28(35)27-26(21(17-31)18-33(27)23-8-2-1-3-9-23)32-29(34)36-25-15-10-19-6-4-5-7-20(19)16-25/h1-16,18H. The van der Waals surface area contributed by atoms with E-state index in [9.17, 15) is 14.4 Å². The first kappa shape index (κ1) is 21.3. The predicted molar refractivity (Wildman–Crippen MR) is 135 cm³/mol. The first-order chi connectivity index (χ1) is 17.6. The molecule has 6 aromatic rings. The van der Waals surface area contributed by atoms with Crippen molar-refractivity contribution >= 4 is 21.8 Å². The molecule has 0 N–H and O–H groups in total. The monoisotopic (exact) mass is 472 g/mol. The fourth-order valence-corrected chi connectivity index (χ4v) is 4.25. The van der Waals surface area contributed by atoms with E-state index in [0.717, 1.165) is 10.8 Å². The second-order valence-electron chi connectivity index (χ2n) is 8.18. The molecule has 0 aliphatic carbocycles. The predicted octanol–water partition coefficient (Wildman–Crippen LogP) is 6.13. The number of nitrogens with zero attached hydrogens (tertiary/aromatic N) is 4. The number of aromatic nitrogens is 3. The highest BCUT2D eigenvalue weighted by molar-refractivity contribution is 5.85. The van der Waals surface area contributed by atoms with Crippen molar-refractivity contribution in [1.29, 1.82) is 5.26 Å². The third kappa shape index (κ3) is 3.58. The molecule has 0 atom stereocenters. The van der Waals surface area contributed by atoms with Gasteiger partial charge in [-0.25, -0.2) is 8.96 Å². The smallest absolute Gasteiger partial charge is 0.310 e. The number of hydrogen-bond donors (Lipinski definition) is 0. The van der Waals surface area contributed by atoms with Crippen molar-refractivity contribution in [3.8, 4) is 29.2 Å². The summed E-state index contributed by atoms with van der Waals surface area (Å²) in [5, 5.41) is 11.8. The van der Waals surface area contributed by atoms with Gasteiger partial charge in [0.25, 0.3) is 5.56 Å². The fraction of sp³-hybridized carbons (Fsp3) is 0. The number of halogens is 1. The van der Waals surface area contributed by atoms with Crippen molar-refractivity contribution in [2.75, 3.05) is 0 Å². The molecule has 2 aromatic heterocycles. The maximum Gasteiger partial charge on any atom is 0.310 e. The Bertz CT molecular complexity index is 1850. The van der Waals surface area contributed by atoms with E-state index in [4.69, 9.17) is 4.74 Å². The molecular weight excluding hydrogens is 455 g/mol. The van der Waals surface area contributed by atoms with Gasteiger partial charge in [0.2, 0.25) is 0 Å². The number of hydrogen-bond acceptors (Lipinski definition) is 4. The lowest BCUT2D eigenvalue weighted by atomic mass is 10.1. The van der Waals surface area contributed by atoms with Crippen molar-refractivity contribution in [1.82, 2.24) is 14.1 Å². The van der Waals surface area contributed by atoms with Crippen LogP contribution in [0.3, 0.4) is 0 Å². The quantitative estimate of drug-likeness (QED) is 0.309. The summed E-state index contributed by atoms with van der Waals surface area (Å²) in [5.41, 5.74) is 1.31. The minimum Gasteiger partial charge on any atom is -0.425 e. The molecule has 172 valence electrons. The van der Waals surface area contributed by atoms with Gasteiger partial charge in [-0.15, -0.1) is 0 Å². The van der Waals surface area contributed by atoms with Gasteiger partial charge in [-0.2, -0.15) is 10.2 Å². The first-order valence-electron chi connectivity index (χ1n) is 11.2. The summed E-state index contributed by atoms with van der Waals surface area (Å²) in [6.07, 6.45) is 1.59. The van der Waals surface area contributed by atoms with Crippen molar-refractivity contribution in [3.05, 3.63) is 125 Å². The minimum atomic E-state index is -0.451. The molecule has 0 bridgehead atoms. The lowest BCUT2D eigenvalue weighted by Gasteiger charge is -2.14. The van der Waals surface area contributed by atoms with Crippen LogP contribution in [-0.4, -0.2) is 14.1 Å². The van der Waals surface area contributed by atoms with Crippen LogP contribution in [0, 0.1) is 17.1 Å². The molecule has 0 fully saturated rings. The van der Waals surface area contributed by atoms with Gasteiger partial charge in [0.1, 0.15) is 28.7 Å². The van der Waals surface area contributed by atoms with Crippen LogP contribution >= 0.6 is 0 Å². The van der Waals surface area contributed by atoms with E-state index in [1.54, 1.807) is 16.8 Å². The maximum atomic E-state index is 14.0. The molecule has 6 nitrogen and oxygen atoms in total. The molecule has 2 heterocycles. The first-order valence-corrected chi connectivity index (χ1v) is 11.2. The van der Waals surface area contributed by atoms with Crippen LogP contribution in [0.2, 0.25) is 0 Å². The highest BCUT2D eigenvalue weighted by Gasteiger charge is 2.22. The van der Waals surface area contributed by atoms with Crippen LogP contribution in [0.25, 0.3) is 33.2 Å². The minimum absolute atomic E-state index is 0.0308. The molecule has 0 aliphatic heterocycles. The van der Waals surface area contributed by atoms with E-state index >= 15 is 0 Å². The van der Waals surface area contributed by atoms with Crippen molar-refractivity contribution < 1.29 is 9.13 Å². The van der Waals surface area contributed by atoms with E-state index in [2.05, 4.69) is 11.1 Å². The summed E-state index contributed by atoms with van der Waals surface area (Å²) >= 11 is 0. The maximum absolute atomic E-state index is 14.0. The normalized spacial score (nSPS) is 11.0. The molecule has 0 unspecified atom stereocenters. The summed E-state index contributed by atoms with van der Waals surface area (Å²) < 4.78 is 22.8. The molecule has 6 rings (SSSR count). The van der Waals surface area contributed by atoms with Crippen LogP contribution < -0.4 is 10.3 Å². The lowest BCUT2D eigenvalue weighted by molar-refractivity contribution is 0.428. The third-order valence-electron chi connectivity index (χ3n) is 5.95. The zero-order chi connectivity index (χ0) is 24.6. The van der Waals surface area contributed by atoms with E-state index < -0.39 is 11.4 Å². The topological polar surface area (TPSA) is 72.8 Å². The Morgan fingerprint density at radius 3 is 2.31 bits per heavy atom. The van der Waals surface area contributed by atoms with Crippen molar-refractivity contribution in [2.24, 2.45) is 0 Å². The second kappa shape index (κ2) is 8.53. The average molecular weight is 472 g/mol. The van der Waals surface area contributed by atoms with Gasteiger partial charge < -0.3 is 9.30 Å². The van der Waals surface area contributed by atoms with E-state index in [1.165, 1.54) is 28.8 Å². The number of benzene rings is 4. The summed E-state index contributed by atoms with van der Waals surface area (Å²) in [7, 11) is 0. The molecule has 0 radical (unpaired) electrons. The Morgan fingerprint density at radius 1 is 0.833 bits per heavy atom. The Kier molecular flexibility index (Phi) is 5.05. The molecule has 0 spiro atoms. The zero-order valence-corrected chi connectivity index (χ0v) is 18.8. The van der Waals surface area contributed by atoms with Gasteiger partial charge in [0, 0.05) is 11.9 Å². The highest BCUT2D eigenvalue weighted by atomic mass is 19.1. The molecule has 0 saturated heterocycles. The van der Waals surface area contributed by atoms with Crippen LogP contribution in [-0.2, 0) is 0 Å². The fourth-order valence-electron chi connectivity index (χ4n) is 4.25. The van der Waals surface area contributed by atoms with Crippen molar-refractivity contribution in [2.45, 2.75) is 0 Å². The zero-order valence-electron chi connectivity index (χ0n) is 18.8. The Morgan fingerprint density at radius 2 is 1.56 bits per heavy atom. The van der Waals surface area contributed by atoms with Gasteiger partial charge >= 0.3 is 6.01 Å². The lowest BCUT2D eigenvalue weighted by Crippen LogP contribution is -2.23. The van der Waals surface area contributed by atoms with Gasteiger partial charge in [0.15, 0.2) is 0 Å². The Balaban J connectivity index is 1.63. The van der Waals surface area contributed by atoms with E-state index in [0.29, 0.717) is 17.1 Å². The van der Waals surface area contributed by atoms with Gasteiger partial charge in [-0.3, -0.25) is 4.79 Å². The SMILES string of the molecule is N#Cc1cn(-c2ccccc2)c2c(=O)n(-c3ccc(F)cc3)c(Oc3ccc4ccccc4c3)nc12. The number of para-hydroxylation sites is 1. The van der Waals surface area contributed by atoms with E-state index in [1.807, 2.05) is 66.7 Å². The van der Waals surface area contributed by atoms with Crippen LogP contribution in [0.1, 0.15) is 5.56 Å². The summed E-state index contributed by atoms with van der Waals surface area (Å²) in [6.45, 7) is 0. The Hall–Kier alpha value is -5.22. The number of rotatable bonds is 4. The average Bonchev–Trinajstić information content (AvgIpc) is 3.29. The third-order valence-corrected chi connectivity index (χ3v) is 5.95. The number of ether oxygens (including phenoxy) is 1.